The predicted octanol–water partition coefficient (Wildman–Crippen LogP) is 6.72. The lowest BCUT2D eigenvalue weighted by Gasteiger charge is -2.15. The van der Waals surface area contributed by atoms with Crippen LogP contribution in [0.4, 0.5) is 0 Å². The molecule has 0 saturated carbocycles. The summed E-state index contributed by atoms with van der Waals surface area (Å²) in [5, 5.41) is 0. The molecule has 2 aromatic rings. The van der Waals surface area contributed by atoms with Gasteiger partial charge in [-0.05, 0) is 45.6 Å². The van der Waals surface area contributed by atoms with Crippen LogP contribution < -0.4 is 0 Å². The molecule has 0 spiro atoms. The van der Waals surface area contributed by atoms with Crippen LogP contribution in [0.15, 0.2) is 42.5 Å². The van der Waals surface area contributed by atoms with Crippen LogP contribution in [-0.4, -0.2) is 0 Å². The Balaban J connectivity index is 2.46. The molecule has 0 atom stereocenters. The summed E-state index contributed by atoms with van der Waals surface area (Å²) >= 11 is 0. The Morgan fingerprint density at radius 3 is 1.29 bits per heavy atom. The molecule has 0 aromatic heterocycles. The molecule has 0 nitrogen and oxygen atoms in total. The fraction of sp³-hybridized carbons (Fsp3) is 0.429. The van der Waals surface area contributed by atoms with Crippen LogP contribution >= 0.6 is 0 Å². The molecule has 0 saturated heterocycles. The summed E-state index contributed by atoms with van der Waals surface area (Å²) in [6.45, 7) is 13.6. The van der Waals surface area contributed by atoms with E-state index in [1.165, 1.54) is 27.8 Å². The summed E-state index contributed by atoms with van der Waals surface area (Å²) in [4.78, 5) is 0. The Kier molecular flexibility index (Phi) is 4.88. The zero-order chi connectivity index (χ0) is 15.6. The van der Waals surface area contributed by atoms with Gasteiger partial charge in [0.15, 0.2) is 0 Å². The van der Waals surface area contributed by atoms with E-state index in [1.54, 1.807) is 0 Å². The van der Waals surface area contributed by atoms with Crippen molar-refractivity contribution in [2.45, 2.75) is 59.3 Å². The van der Waals surface area contributed by atoms with E-state index in [9.17, 15) is 0 Å². The van der Waals surface area contributed by atoms with E-state index in [0.29, 0.717) is 17.8 Å². The maximum absolute atomic E-state index is 2.36. The Morgan fingerprint density at radius 1 is 0.476 bits per heavy atom. The smallest absolute Gasteiger partial charge is 0.0178 e. The normalized spacial score (nSPS) is 11.7. The van der Waals surface area contributed by atoms with Gasteiger partial charge in [0, 0.05) is 0 Å². The van der Waals surface area contributed by atoms with Gasteiger partial charge in [0.1, 0.15) is 0 Å². The van der Waals surface area contributed by atoms with Gasteiger partial charge >= 0.3 is 0 Å². The van der Waals surface area contributed by atoms with Gasteiger partial charge in [-0.1, -0.05) is 84.0 Å². The van der Waals surface area contributed by atoms with Crippen molar-refractivity contribution in [2.24, 2.45) is 0 Å². The average Bonchev–Trinajstić information content (AvgIpc) is 2.46. The van der Waals surface area contributed by atoms with Crippen LogP contribution in [0.1, 0.15) is 76.0 Å². The maximum Gasteiger partial charge on any atom is -0.0178 e. The second kappa shape index (κ2) is 6.47. The summed E-state index contributed by atoms with van der Waals surface area (Å²) in [6, 6.07) is 16.1. The van der Waals surface area contributed by atoms with Crippen LogP contribution in [0.2, 0.25) is 0 Å². The average molecular weight is 280 g/mol. The lowest BCUT2D eigenvalue weighted by molar-refractivity contribution is 0.834. The molecule has 0 unspecified atom stereocenters. The molecule has 0 fully saturated rings. The predicted molar refractivity (Wildman–Crippen MR) is 94.1 cm³/mol. The second-order valence-electron chi connectivity index (χ2n) is 6.97. The molecule has 2 aromatic carbocycles. The van der Waals surface area contributed by atoms with E-state index >= 15 is 0 Å². The third-order valence-electron chi connectivity index (χ3n) is 4.22. The maximum atomic E-state index is 2.36. The van der Waals surface area contributed by atoms with Gasteiger partial charge in [-0.25, -0.2) is 0 Å². The molecule has 21 heavy (non-hydrogen) atoms. The second-order valence-corrected chi connectivity index (χ2v) is 6.97. The van der Waals surface area contributed by atoms with Crippen LogP contribution in [0.3, 0.4) is 0 Å². The summed E-state index contributed by atoms with van der Waals surface area (Å²) in [7, 11) is 0. The van der Waals surface area contributed by atoms with Crippen molar-refractivity contribution in [3.8, 4) is 11.1 Å². The molecule has 0 aliphatic heterocycles. The van der Waals surface area contributed by atoms with Crippen LogP contribution in [0.25, 0.3) is 11.1 Å². The Morgan fingerprint density at radius 2 is 0.905 bits per heavy atom. The van der Waals surface area contributed by atoms with Gasteiger partial charge < -0.3 is 0 Å². The first-order chi connectivity index (χ1) is 9.88. The molecule has 0 bridgehead atoms. The minimum Gasteiger partial charge on any atom is -0.0587 e. The molecule has 0 heteroatoms. The van der Waals surface area contributed by atoms with Crippen LogP contribution in [0, 0.1) is 0 Å². The zero-order valence-electron chi connectivity index (χ0n) is 14.3. The molecule has 0 aliphatic carbocycles. The van der Waals surface area contributed by atoms with Crippen molar-refractivity contribution in [1.29, 1.82) is 0 Å². The van der Waals surface area contributed by atoms with E-state index in [0.717, 1.165) is 0 Å². The van der Waals surface area contributed by atoms with Gasteiger partial charge in [-0.15, -0.1) is 0 Å². The third kappa shape index (κ3) is 3.75. The van der Waals surface area contributed by atoms with E-state index in [4.69, 9.17) is 0 Å². The highest BCUT2D eigenvalue weighted by atomic mass is 14.1. The first-order valence-electron chi connectivity index (χ1n) is 8.13. The fourth-order valence-corrected chi connectivity index (χ4v) is 2.57. The van der Waals surface area contributed by atoms with Gasteiger partial charge in [-0.2, -0.15) is 0 Å². The lowest BCUT2D eigenvalue weighted by atomic mass is 9.90. The first kappa shape index (κ1) is 15.8. The Hall–Kier alpha value is -1.56. The monoisotopic (exact) mass is 280 g/mol. The molecular weight excluding hydrogens is 252 g/mol. The number of rotatable bonds is 4. The van der Waals surface area contributed by atoms with Gasteiger partial charge in [0.2, 0.25) is 0 Å². The number of hydrogen-bond donors (Lipinski definition) is 0. The Bertz CT molecular complexity index is 560. The van der Waals surface area contributed by atoms with Crippen molar-refractivity contribution in [3.63, 3.8) is 0 Å². The SMILES string of the molecule is CC(C)c1ccc(-c2cc(C(C)C)cc(C(C)C)c2)cc1. The topological polar surface area (TPSA) is 0 Å². The van der Waals surface area contributed by atoms with E-state index in [2.05, 4.69) is 84.0 Å². The van der Waals surface area contributed by atoms with Gasteiger partial charge in [-0.3, -0.25) is 0 Å². The summed E-state index contributed by atoms with van der Waals surface area (Å²) in [6.07, 6.45) is 0. The van der Waals surface area contributed by atoms with Crippen molar-refractivity contribution < 1.29 is 0 Å². The largest absolute Gasteiger partial charge is 0.0587 e. The molecule has 0 amide bonds. The van der Waals surface area contributed by atoms with Crippen LogP contribution in [0.5, 0.6) is 0 Å². The Labute approximate surface area is 130 Å². The van der Waals surface area contributed by atoms with E-state index < -0.39 is 0 Å². The van der Waals surface area contributed by atoms with Crippen molar-refractivity contribution >= 4 is 0 Å². The van der Waals surface area contributed by atoms with E-state index in [-0.39, 0.29) is 0 Å². The van der Waals surface area contributed by atoms with Crippen molar-refractivity contribution in [2.75, 3.05) is 0 Å². The van der Waals surface area contributed by atoms with Crippen molar-refractivity contribution in [3.05, 3.63) is 59.2 Å². The summed E-state index contributed by atoms with van der Waals surface area (Å²) in [5.74, 6) is 1.72. The number of benzene rings is 2. The highest BCUT2D eigenvalue weighted by Crippen LogP contribution is 2.30. The standard InChI is InChI=1S/C21H28/c1-14(2)17-7-9-18(10-8-17)21-12-19(15(3)4)11-20(13-21)16(5)6/h7-16H,1-6H3. The molecule has 0 radical (unpaired) electrons. The molecular formula is C21H28. The highest BCUT2D eigenvalue weighted by Gasteiger charge is 2.09. The minimum absolute atomic E-state index is 0.567. The van der Waals surface area contributed by atoms with Crippen LogP contribution in [-0.2, 0) is 0 Å². The molecule has 0 heterocycles. The highest BCUT2D eigenvalue weighted by molar-refractivity contribution is 5.66. The lowest BCUT2D eigenvalue weighted by Crippen LogP contribution is -1.95. The minimum atomic E-state index is 0.567. The van der Waals surface area contributed by atoms with Gasteiger partial charge in [0.05, 0.1) is 0 Å². The quantitative estimate of drug-likeness (QED) is 0.583. The molecule has 2 rings (SSSR count). The van der Waals surface area contributed by atoms with Crippen molar-refractivity contribution in [1.82, 2.24) is 0 Å². The fourth-order valence-electron chi connectivity index (χ4n) is 2.57. The first-order valence-corrected chi connectivity index (χ1v) is 8.13. The molecule has 112 valence electrons. The summed E-state index contributed by atoms with van der Waals surface area (Å²) in [5.41, 5.74) is 6.94. The zero-order valence-corrected chi connectivity index (χ0v) is 14.3. The third-order valence-corrected chi connectivity index (χ3v) is 4.22. The van der Waals surface area contributed by atoms with Gasteiger partial charge in [0.25, 0.3) is 0 Å². The van der Waals surface area contributed by atoms with E-state index in [1.807, 2.05) is 0 Å². The summed E-state index contributed by atoms with van der Waals surface area (Å²) < 4.78 is 0. The number of hydrogen-bond acceptors (Lipinski definition) is 0. The molecule has 0 aliphatic rings. The molecule has 0 N–H and O–H groups in total.